The van der Waals surface area contributed by atoms with Crippen LogP contribution >= 0.6 is 0 Å². The molecule has 1 aromatic heterocycles. The zero-order valence-electron chi connectivity index (χ0n) is 16.6. The molecule has 0 bridgehead atoms. The first kappa shape index (κ1) is 20.3. The summed E-state index contributed by atoms with van der Waals surface area (Å²) in [5.41, 5.74) is 0.891. The summed E-state index contributed by atoms with van der Waals surface area (Å²) >= 11 is 0. The van der Waals surface area contributed by atoms with Crippen LogP contribution in [0.3, 0.4) is 0 Å². The number of para-hydroxylation sites is 1. The standard InChI is InChI=1S/C24H20FN3O3/c25-19-12-10-18(11-13-19)15-28-23(30)20-8-4-5-9-21(20)27(24(28)31)16-22(29)26-14-17-6-2-1-3-7-17/h1-13H,14-16H2,(H,26,29). The minimum absolute atomic E-state index is 0.0194. The van der Waals surface area contributed by atoms with Crippen LogP contribution < -0.4 is 16.6 Å². The molecular weight excluding hydrogens is 397 g/mol. The average Bonchev–Trinajstić information content (AvgIpc) is 2.80. The van der Waals surface area contributed by atoms with Crippen LogP contribution in [0.5, 0.6) is 0 Å². The predicted octanol–water partition coefficient (Wildman–Crippen LogP) is 2.67. The number of fused-ring (bicyclic) bond motifs is 1. The molecule has 1 N–H and O–H groups in total. The third kappa shape index (κ3) is 4.45. The quantitative estimate of drug-likeness (QED) is 0.524. The molecule has 0 aliphatic heterocycles. The number of hydrogen-bond acceptors (Lipinski definition) is 3. The Labute approximate surface area is 177 Å². The highest BCUT2D eigenvalue weighted by Gasteiger charge is 2.15. The van der Waals surface area contributed by atoms with E-state index >= 15 is 0 Å². The SMILES string of the molecule is O=C(Cn1c(=O)n(Cc2ccc(F)cc2)c(=O)c2ccccc21)NCc1ccccc1. The van der Waals surface area contributed by atoms with Gasteiger partial charge in [0.1, 0.15) is 12.4 Å². The molecule has 0 saturated carbocycles. The van der Waals surface area contributed by atoms with Crippen LogP contribution in [0.15, 0.2) is 88.5 Å². The molecular formula is C24H20FN3O3. The third-order valence-electron chi connectivity index (χ3n) is 5.02. The Morgan fingerprint density at radius 1 is 0.806 bits per heavy atom. The van der Waals surface area contributed by atoms with E-state index in [1.54, 1.807) is 24.3 Å². The normalized spacial score (nSPS) is 10.9. The van der Waals surface area contributed by atoms with E-state index < -0.39 is 17.1 Å². The Morgan fingerprint density at radius 2 is 1.48 bits per heavy atom. The molecule has 6 nitrogen and oxygen atoms in total. The monoisotopic (exact) mass is 417 g/mol. The van der Waals surface area contributed by atoms with Gasteiger partial charge in [-0.25, -0.2) is 9.18 Å². The summed E-state index contributed by atoms with van der Waals surface area (Å²) < 4.78 is 15.6. The van der Waals surface area contributed by atoms with Gasteiger partial charge in [0.2, 0.25) is 5.91 Å². The Morgan fingerprint density at radius 3 is 2.23 bits per heavy atom. The van der Waals surface area contributed by atoms with Crippen LogP contribution in [0.1, 0.15) is 11.1 Å². The van der Waals surface area contributed by atoms with Crippen molar-refractivity contribution in [3.05, 3.63) is 117 Å². The van der Waals surface area contributed by atoms with E-state index in [-0.39, 0.29) is 19.0 Å². The van der Waals surface area contributed by atoms with Crippen molar-refractivity contribution in [2.24, 2.45) is 0 Å². The Bertz CT molecular complexity index is 1340. The van der Waals surface area contributed by atoms with Crippen molar-refractivity contribution in [1.82, 2.24) is 14.5 Å². The minimum Gasteiger partial charge on any atom is -0.350 e. The highest BCUT2D eigenvalue weighted by molar-refractivity contribution is 5.81. The zero-order chi connectivity index (χ0) is 21.8. The molecule has 0 atom stereocenters. The number of rotatable bonds is 6. The van der Waals surface area contributed by atoms with Crippen LogP contribution in [-0.2, 0) is 24.4 Å². The van der Waals surface area contributed by atoms with E-state index in [2.05, 4.69) is 5.32 Å². The molecule has 7 heteroatoms. The summed E-state index contributed by atoms with van der Waals surface area (Å²) in [6.07, 6.45) is 0. The van der Waals surface area contributed by atoms with Gasteiger partial charge >= 0.3 is 5.69 Å². The van der Waals surface area contributed by atoms with Gasteiger partial charge in [0.15, 0.2) is 0 Å². The summed E-state index contributed by atoms with van der Waals surface area (Å²) in [6.45, 7) is 0.0892. The van der Waals surface area contributed by atoms with Gasteiger partial charge in [-0.15, -0.1) is 0 Å². The van der Waals surface area contributed by atoms with Gasteiger partial charge in [-0.2, -0.15) is 0 Å². The summed E-state index contributed by atoms with van der Waals surface area (Å²) in [7, 11) is 0. The number of amides is 1. The topological polar surface area (TPSA) is 73.1 Å². The Balaban J connectivity index is 1.68. The van der Waals surface area contributed by atoms with Gasteiger partial charge in [0, 0.05) is 6.54 Å². The van der Waals surface area contributed by atoms with E-state index in [4.69, 9.17) is 0 Å². The van der Waals surface area contributed by atoms with E-state index in [0.29, 0.717) is 23.0 Å². The van der Waals surface area contributed by atoms with Crippen LogP contribution in [-0.4, -0.2) is 15.0 Å². The molecule has 0 spiro atoms. The first-order valence-electron chi connectivity index (χ1n) is 9.80. The second-order valence-corrected chi connectivity index (χ2v) is 7.17. The van der Waals surface area contributed by atoms with E-state index in [1.807, 2.05) is 30.3 Å². The lowest BCUT2D eigenvalue weighted by molar-refractivity contribution is -0.121. The van der Waals surface area contributed by atoms with E-state index in [9.17, 15) is 18.8 Å². The van der Waals surface area contributed by atoms with Crippen LogP contribution in [0.2, 0.25) is 0 Å². The van der Waals surface area contributed by atoms with Gasteiger partial charge < -0.3 is 5.32 Å². The summed E-state index contributed by atoms with van der Waals surface area (Å²) in [4.78, 5) is 38.7. The van der Waals surface area contributed by atoms with Crippen molar-refractivity contribution < 1.29 is 9.18 Å². The van der Waals surface area contributed by atoms with E-state index in [1.165, 1.54) is 28.8 Å². The number of aromatic nitrogens is 2. The van der Waals surface area contributed by atoms with Crippen molar-refractivity contribution in [2.75, 3.05) is 0 Å². The summed E-state index contributed by atoms with van der Waals surface area (Å²) in [6, 6.07) is 21.7. The molecule has 0 radical (unpaired) electrons. The molecule has 4 rings (SSSR count). The smallest absolute Gasteiger partial charge is 0.332 e. The molecule has 0 saturated heterocycles. The first-order valence-corrected chi connectivity index (χ1v) is 9.80. The highest BCUT2D eigenvalue weighted by Crippen LogP contribution is 2.09. The summed E-state index contributed by atoms with van der Waals surface area (Å²) in [5.74, 6) is -0.745. The molecule has 0 aliphatic carbocycles. The zero-order valence-corrected chi connectivity index (χ0v) is 16.6. The molecule has 1 heterocycles. The van der Waals surface area contributed by atoms with Crippen molar-refractivity contribution >= 4 is 16.8 Å². The largest absolute Gasteiger partial charge is 0.350 e. The number of nitrogens with zero attached hydrogens (tertiary/aromatic N) is 2. The Kier molecular flexibility index (Phi) is 5.75. The average molecular weight is 417 g/mol. The molecule has 1 amide bonds. The molecule has 156 valence electrons. The maximum absolute atomic E-state index is 13.2. The van der Waals surface area contributed by atoms with Crippen LogP contribution in [0.25, 0.3) is 10.9 Å². The van der Waals surface area contributed by atoms with Crippen molar-refractivity contribution in [1.29, 1.82) is 0 Å². The minimum atomic E-state index is -0.595. The fraction of sp³-hybridized carbons (Fsp3) is 0.125. The van der Waals surface area contributed by atoms with Gasteiger partial charge in [-0.05, 0) is 35.4 Å². The lowest BCUT2D eigenvalue weighted by atomic mass is 10.2. The maximum atomic E-state index is 13.2. The molecule has 4 aromatic rings. The second-order valence-electron chi connectivity index (χ2n) is 7.17. The molecule has 0 fully saturated rings. The molecule has 0 unspecified atom stereocenters. The molecule has 3 aromatic carbocycles. The number of carbonyl (C=O) groups is 1. The molecule has 0 aliphatic rings. The first-order chi connectivity index (χ1) is 15.0. The summed E-state index contributed by atoms with van der Waals surface area (Å²) in [5, 5.41) is 3.14. The number of benzene rings is 3. The van der Waals surface area contributed by atoms with Crippen molar-refractivity contribution in [3.63, 3.8) is 0 Å². The lowest BCUT2D eigenvalue weighted by Crippen LogP contribution is -2.42. The van der Waals surface area contributed by atoms with Gasteiger partial charge in [-0.3, -0.25) is 18.7 Å². The van der Waals surface area contributed by atoms with Gasteiger partial charge in [0.25, 0.3) is 5.56 Å². The number of nitrogens with one attached hydrogen (secondary N) is 1. The Hall–Kier alpha value is -4.00. The fourth-order valence-corrected chi connectivity index (χ4v) is 3.43. The predicted molar refractivity (Wildman–Crippen MR) is 116 cm³/mol. The highest BCUT2D eigenvalue weighted by atomic mass is 19.1. The second kappa shape index (κ2) is 8.79. The fourth-order valence-electron chi connectivity index (χ4n) is 3.43. The van der Waals surface area contributed by atoms with E-state index in [0.717, 1.165) is 10.1 Å². The number of halogens is 1. The van der Waals surface area contributed by atoms with Crippen LogP contribution in [0, 0.1) is 5.82 Å². The maximum Gasteiger partial charge on any atom is 0.332 e. The number of carbonyl (C=O) groups excluding carboxylic acids is 1. The third-order valence-corrected chi connectivity index (χ3v) is 5.02. The van der Waals surface area contributed by atoms with Gasteiger partial charge in [-0.1, -0.05) is 54.6 Å². The van der Waals surface area contributed by atoms with Crippen molar-refractivity contribution in [2.45, 2.75) is 19.6 Å². The lowest BCUT2D eigenvalue weighted by Gasteiger charge is -2.14. The molecule has 31 heavy (non-hydrogen) atoms. The van der Waals surface area contributed by atoms with Gasteiger partial charge in [0.05, 0.1) is 17.4 Å². The van der Waals surface area contributed by atoms with Crippen molar-refractivity contribution in [3.8, 4) is 0 Å². The number of hydrogen-bond donors (Lipinski definition) is 1. The van der Waals surface area contributed by atoms with Crippen LogP contribution in [0.4, 0.5) is 4.39 Å².